The monoisotopic (exact) mass is 341 g/mol. The topological polar surface area (TPSA) is 47.6 Å². The van der Waals surface area contributed by atoms with Gasteiger partial charge in [-0.15, -0.1) is 0 Å². The normalized spacial score (nSPS) is 10.3. The maximum absolute atomic E-state index is 11.5. The molecule has 0 fully saturated rings. The van der Waals surface area contributed by atoms with Gasteiger partial charge < -0.3 is 14.8 Å². The maximum Gasteiger partial charge on any atom is 0.219 e. The smallest absolute Gasteiger partial charge is 0.219 e. The molecule has 2 aromatic carbocycles. The molecular formula is C21H27NO3. The van der Waals surface area contributed by atoms with Crippen LogP contribution in [-0.2, 0) is 17.8 Å². The molecule has 134 valence electrons. The molecule has 0 heterocycles. The zero-order chi connectivity index (χ0) is 17.9. The Hall–Kier alpha value is -2.49. The van der Waals surface area contributed by atoms with Gasteiger partial charge in [0.05, 0.1) is 7.11 Å². The van der Waals surface area contributed by atoms with E-state index in [4.69, 9.17) is 9.47 Å². The zero-order valence-corrected chi connectivity index (χ0v) is 15.1. The van der Waals surface area contributed by atoms with E-state index in [0.717, 1.165) is 41.9 Å². The molecule has 0 saturated carbocycles. The average molecular weight is 341 g/mol. The number of methoxy groups -OCH3 is 1. The minimum atomic E-state index is 0.119. The fourth-order valence-electron chi connectivity index (χ4n) is 2.58. The number of carbonyl (C=O) groups is 1. The first-order chi connectivity index (χ1) is 12.2. The van der Waals surface area contributed by atoms with Gasteiger partial charge in [-0.1, -0.05) is 37.3 Å². The van der Waals surface area contributed by atoms with Crippen LogP contribution in [0.2, 0.25) is 0 Å². The van der Waals surface area contributed by atoms with E-state index in [2.05, 4.69) is 5.32 Å². The molecular weight excluding hydrogens is 314 g/mol. The van der Waals surface area contributed by atoms with Crippen LogP contribution in [0.5, 0.6) is 11.5 Å². The van der Waals surface area contributed by atoms with E-state index in [1.54, 1.807) is 7.11 Å². The molecule has 1 N–H and O–H groups in total. The third-order valence-electron chi connectivity index (χ3n) is 3.93. The summed E-state index contributed by atoms with van der Waals surface area (Å²) in [5.41, 5.74) is 2.23. The van der Waals surface area contributed by atoms with Crippen LogP contribution in [-0.4, -0.2) is 19.6 Å². The minimum Gasteiger partial charge on any atom is -0.497 e. The van der Waals surface area contributed by atoms with Gasteiger partial charge in [0.15, 0.2) is 0 Å². The maximum atomic E-state index is 11.5. The van der Waals surface area contributed by atoms with Crippen LogP contribution in [0.3, 0.4) is 0 Å². The van der Waals surface area contributed by atoms with Crippen LogP contribution in [0, 0.1) is 0 Å². The molecule has 0 unspecified atom stereocenters. The Morgan fingerprint density at radius 3 is 2.64 bits per heavy atom. The van der Waals surface area contributed by atoms with Gasteiger partial charge in [0.2, 0.25) is 5.91 Å². The van der Waals surface area contributed by atoms with Gasteiger partial charge >= 0.3 is 0 Å². The Bertz CT molecular complexity index is 655. The quantitative estimate of drug-likeness (QED) is 0.661. The lowest BCUT2D eigenvalue weighted by atomic mass is 10.1. The fourth-order valence-corrected chi connectivity index (χ4v) is 2.58. The number of carbonyl (C=O) groups excluding carboxylic acids is 1. The Balaban J connectivity index is 1.93. The molecule has 0 bridgehead atoms. The molecule has 0 radical (unpaired) electrons. The first kappa shape index (κ1) is 18.8. The number of hydrogen-bond donors (Lipinski definition) is 1. The van der Waals surface area contributed by atoms with Crippen molar-refractivity contribution in [3.63, 3.8) is 0 Å². The third-order valence-corrected chi connectivity index (χ3v) is 3.93. The average Bonchev–Trinajstić information content (AvgIpc) is 2.65. The fraction of sp³-hybridized carbons (Fsp3) is 0.381. The molecule has 25 heavy (non-hydrogen) atoms. The van der Waals surface area contributed by atoms with Gasteiger partial charge in [-0.25, -0.2) is 0 Å². The zero-order valence-electron chi connectivity index (χ0n) is 15.1. The van der Waals surface area contributed by atoms with Crippen molar-refractivity contribution in [2.24, 2.45) is 0 Å². The summed E-state index contributed by atoms with van der Waals surface area (Å²) >= 11 is 0. The van der Waals surface area contributed by atoms with Crippen molar-refractivity contribution in [2.75, 3.05) is 13.7 Å². The summed E-state index contributed by atoms with van der Waals surface area (Å²) < 4.78 is 11.3. The van der Waals surface area contributed by atoms with Crippen molar-refractivity contribution in [3.05, 3.63) is 59.7 Å². The molecule has 2 rings (SSSR count). The second kappa shape index (κ2) is 10.4. The Morgan fingerprint density at radius 2 is 1.92 bits per heavy atom. The molecule has 1 amide bonds. The number of rotatable bonds is 10. The third kappa shape index (κ3) is 6.49. The van der Waals surface area contributed by atoms with Crippen molar-refractivity contribution in [1.29, 1.82) is 0 Å². The lowest BCUT2D eigenvalue weighted by Crippen LogP contribution is -2.24. The molecule has 0 saturated heterocycles. The molecule has 4 heteroatoms. The van der Waals surface area contributed by atoms with E-state index < -0.39 is 0 Å². The second-order valence-electron chi connectivity index (χ2n) is 5.95. The van der Waals surface area contributed by atoms with Crippen LogP contribution in [0.1, 0.15) is 37.3 Å². The predicted molar refractivity (Wildman–Crippen MR) is 100 cm³/mol. The number of amides is 1. The molecule has 0 aliphatic heterocycles. The number of hydrogen-bond acceptors (Lipinski definition) is 3. The number of nitrogens with one attached hydrogen (secondary N) is 1. The lowest BCUT2D eigenvalue weighted by molar-refractivity contribution is -0.121. The predicted octanol–water partition coefficient (Wildman–Crippen LogP) is 4.12. The van der Waals surface area contributed by atoms with Crippen molar-refractivity contribution in [2.45, 2.75) is 39.2 Å². The Morgan fingerprint density at radius 1 is 1.12 bits per heavy atom. The largest absolute Gasteiger partial charge is 0.497 e. The van der Waals surface area contributed by atoms with E-state index in [1.165, 1.54) is 0 Å². The highest BCUT2D eigenvalue weighted by atomic mass is 16.5. The highest BCUT2D eigenvalue weighted by Gasteiger charge is 2.07. The Labute approximate surface area is 150 Å². The van der Waals surface area contributed by atoms with Crippen molar-refractivity contribution < 1.29 is 14.3 Å². The van der Waals surface area contributed by atoms with Crippen molar-refractivity contribution in [1.82, 2.24) is 5.32 Å². The van der Waals surface area contributed by atoms with Gasteiger partial charge in [-0.2, -0.15) is 0 Å². The van der Waals surface area contributed by atoms with Gasteiger partial charge in [-0.05, 0) is 48.6 Å². The summed E-state index contributed by atoms with van der Waals surface area (Å²) in [7, 11) is 1.66. The summed E-state index contributed by atoms with van der Waals surface area (Å²) in [5, 5.41) is 2.95. The Kier molecular flexibility index (Phi) is 7.83. The van der Waals surface area contributed by atoms with Gasteiger partial charge in [0.25, 0.3) is 0 Å². The van der Waals surface area contributed by atoms with Crippen LogP contribution >= 0.6 is 0 Å². The summed E-state index contributed by atoms with van der Waals surface area (Å²) in [6, 6.07) is 16.0. The van der Waals surface area contributed by atoms with Gasteiger partial charge in [-0.3, -0.25) is 4.79 Å². The first-order valence-electron chi connectivity index (χ1n) is 8.83. The van der Waals surface area contributed by atoms with Crippen molar-refractivity contribution >= 4 is 5.91 Å². The van der Waals surface area contributed by atoms with Gasteiger partial charge in [0, 0.05) is 13.0 Å². The molecule has 0 spiro atoms. The van der Waals surface area contributed by atoms with E-state index in [-0.39, 0.29) is 5.91 Å². The molecule has 4 nitrogen and oxygen atoms in total. The molecule has 2 aromatic rings. The SMILES string of the molecule is CCCC(=O)NCCCc1cc(OC)ccc1OCc1ccccc1. The first-order valence-corrected chi connectivity index (χ1v) is 8.83. The summed E-state index contributed by atoms with van der Waals surface area (Å²) in [6.07, 6.45) is 3.15. The van der Waals surface area contributed by atoms with Crippen LogP contribution < -0.4 is 14.8 Å². The highest BCUT2D eigenvalue weighted by molar-refractivity contribution is 5.75. The lowest BCUT2D eigenvalue weighted by Gasteiger charge is -2.13. The van der Waals surface area contributed by atoms with E-state index in [0.29, 0.717) is 19.6 Å². The van der Waals surface area contributed by atoms with Crippen LogP contribution in [0.15, 0.2) is 48.5 Å². The van der Waals surface area contributed by atoms with Crippen LogP contribution in [0.4, 0.5) is 0 Å². The molecule has 0 aromatic heterocycles. The van der Waals surface area contributed by atoms with Crippen molar-refractivity contribution in [3.8, 4) is 11.5 Å². The minimum absolute atomic E-state index is 0.119. The highest BCUT2D eigenvalue weighted by Crippen LogP contribution is 2.26. The number of ether oxygens (including phenoxy) is 2. The molecule has 0 atom stereocenters. The van der Waals surface area contributed by atoms with Crippen LogP contribution in [0.25, 0.3) is 0 Å². The van der Waals surface area contributed by atoms with E-state index >= 15 is 0 Å². The van der Waals surface area contributed by atoms with Gasteiger partial charge in [0.1, 0.15) is 18.1 Å². The summed E-state index contributed by atoms with van der Waals surface area (Å²) in [5.74, 6) is 1.80. The number of benzene rings is 2. The molecule has 0 aliphatic rings. The van der Waals surface area contributed by atoms with E-state index in [9.17, 15) is 4.79 Å². The van der Waals surface area contributed by atoms with E-state index in [1.807, 2.05) is 55.5 Å². The summed E-state index contributed by atoms with van der Waals surface area (Å²) in [4.78, 5) is 11.5. The molecule has 0 aliphatic carbocycles. The number of aryl methyl sites for hydroxylation is 1. The second-order valence-corrected chi connectivity index (χ2v) is 5.95. The standard InChI is InChI=1S/C21H27NO3/c1-3-8-21(23)22-14-7-11-18-15-19(24-2)12-13-20(18)25-16-17-9-5-4-6-10-17/h4-6,9-10,12-13,15H,3,7-8,11,14,16H2,1-2H3,(H,22,23). The summed E-state index contributed by atoms with van der Waals surface area (Å²) in [6.45, 7) is 3.22.